The Morgan fingerprint density at radius 1 is 0.607 bits per heavy atom. The molecule has 0 radical (unpaired) electrons. The average molecular weight is 376 g/mol. The Balaban J connectivity index is 1.38. The second kappa shape index (κ2) is 7.08. The Morgan fingerprint density at radius 2 is 1.04 bits per heavy atom. The summed E-state index contributed by atoms with van der Waals surface area (Å²) in [6.45, 7) is 2.24. The standard InChI is InChI=1S/C23H20O5/c24-23-17(11-15-1-5-19-21(13-15)27-9-7-25-19)3-4-18(23)12-16-2-6-20-22(14-16)28-10-8-26-20/h1-2,5-6,11-14H,3-4,7-10H2/b17-11-,18-12+. The van der Waals surface area contributed by atoms with Crippen LogP contribution in [0.4, 0.5) is 0 Å². The number of fused-ring (bicyclic) bond motifs is 2. The van der Waals surface area contributed by atoms with E-state index in [9.17, 15) is 4.79 Å². The van der Waals surface area contributed by atoms with E-state index in [0.29, 0.717) is 26.4 Å². The van der Waals surface area contributed by atoms with Crippen molar-refractivity contribution in [2.75, 3.05) is 26.4 Å². The second-order valence-corrected chi connectivity index (χ2v) is 6.97. The van der Waals surface area contributed by atoms with Crippen LogP contribution in [0, 0.1) is 0 Å². The van der Waals surface area contributed by atoms with E-state index in [1.165, 1.54) is 0 Å². The van der Waals surface area contributed by atoms with Gasteiger partial charge in [-0.25, -0.2) is 0 Å². The number of benzene rings is 2. The molecule has 1 fully saturated rings. The van der Waals surface area contributed by atoms with Crippen molar-refractivity contribution in [3.8, 4) is 23.0 Å². The van der Waals surface area contributed by atoms with Crippen LogP contribution in [-0.4, -0.2) is 32.2 Å². The molecule has 0 bridgehead atoms. The first-order chi connectivity index (χ1) is 13.8. The van der Waals surface area contributed by atoms with Crippen molar-refractivity contribution in [3.05, 3.63) is 58.7 Å². The summed E-state index contributed by atoms with van der Waals surface area (Å²) in [7, 11) is 0. The Morgan fingerprint density at radius 3 is 1.50 bits per heavy atom. The minimum absolute atomic E-state index is 0.102. The molecule has 142 valence electrons. The minimum Gasteiger partial charge on any atom is -0.486 e. The fourth-order valence-electron chi connectivity index (χ4n) is 3.68. The molecule has 5 nitrogen and oxygen atoms in total. The molecular formula is C23H20O5. The highest BCUT2D eigenvalue weighted by molar-refractivity contribution is 6.15. The van der Waals surface area contributed by atoms with E-state index in [1.54, 1.807) is 0 Å². The molecule has 3 aliphatic rings. The third-order valence-electron chi connectivity index (χ3n) is 5.06. The van der Waals surface area contributed by atoms with Gasteiger partial charge >= 0.3 is 0 Å². The maximum atomic E-state index is 12.8. The van der Waals surface area contributed by atoms with E-state index < -0.39 is 0 Å². The van der Waals surface area contributed by atoms with Gasteiger partial charge in [0, 0.05) is 11.1 Å². The second-order valence-electron chi connectivity index (χ2n) is 6.97. The summed E-state index contributed by atoms with van der Waals surface area (Å²) in [5, 5.41) is 0. The van der Waals surface area contributed by atoms with E-state index in [2.05, 4.69) is 0 Å². The van der Waals surface area contributed by atoms with Crippen LogP contribution in [-0.2, 0) is 4.79 Å². The smallest absolute Gasteiger partial charge is 0.185 e. The number of Topliss-reactive ketones (excluding diaryl/α,β-unsaturated/α-hetero) is 1. The van der Waals surface area contributed by atoms with Crippen molar-refractivity contribution in [3.63, 3.8) is 0 Å². The fourth-order valence-corrected chi connectivity index (χ4v) is 3.68. The van der Waals surface area contributed by atoms with Crippen LogP contribution in [0.5, 0.6) is 23.0 Å². The van der Waals surface area contributed by atoms with Crippen LogP contribution >= 0.6 is 0 Å². The third-order valence-corrected chi connectivity index (χ3v) is 5.06. The molecule has 0 N–H and O–H groups in total. The molecule has 0 amide bonds. The normalized spacial score (nSPS) is 20.6. The molecule has 2 aromatic carbocycles. The van der Waals surface area contributed by atoms with E-state index in [0.717, 1.165) is 58.1 Å². The zero-order valence-electron chi connectivity index (χ0n) is 15.4. The monoisotopic (exact) mass is 376 g/mol. The number of ether oxygens (including phenoxy) is 4. The number of carbonyl (C=O) groups is 1. The van der Waals surface area contributed by atoms with E-state index in [-0.39, 0.29) is 5.78 Å². The highest BCUT2D eigenvalue weighted by atomic mass is 16.6. The van der Waals surface area contributed by atoms with Gasteiger partial charge in [0.2, 0.25) is 0 Å². The van der Waals surface area contributed by atoms with Gasteiger partial charge in [-0.15, -0.1) is 0 Å². The lowest BCUT2D eigenvalue weighted by Crippen LogP contribution is -2.15. The SMILES string of the molecule is O=C1/C(=C\c2ccc3c(c2)OCCO3)CC/C1=C\c1ccc2c(c1)OCCO2. The van der Waals surface area contributed by atoms with Crippen molar-refractivity contribution in [1.29, 1.82) is 0 Å². The Kier molecular flexibility index (Phi) is 4.28. The molecule has 28 heavy (non-hydrogen) atoms. The summed E-state index contributed by atoms with van der Waals surface area (Å²) < 4.78 is 22.4. The lowest BCUT2D eigenvalue weighted by atomic mass is 10.1. The Hall–Kier alpha value is -3.21. The molecule has 0 atom stereocenters. The van der Waals surface area contributed by atoms with Crippen LogP contribution in [0.2, 0.25) is 0 Å². The van der Waals surface area contributed by atoms with Gasteiger partial charge in [-0.05, 0) is 60.4 Å². The van der Waals surface area contributed by atoms with Gasteiger partial charge in [-0.3, -0.25) is 4.79 Å². The van der Waals surface area contributed by atoms with Gasteiger partial charge in [0.1, 0.15) is 26.4 Å². The molecule has 2 aromatic rings. The van der Waals surface area contributed by atoms with Crippen molar-refractivity contribution in [2.24, 2.45) is 0 Å². The van der Waals surface area contributed by atoms with Gasteiger partial charge in [-0.1, -0.05) is 12.1 Å². The van der Waals surface area contributed by atoms with Gasteiger partial charge < -0.3 is 18.9 Å². The predicted molar refractivity (Wildman–Crippen MR) is 105 cm³/mol. The summed E-state index contributed by atoms with van der Waals surface area (Å²) >= 11 is 0. The zero-order valence-corrected chi connectivity index (χ0v) is 15.4. The number of ketones is 1. The van der Waals surface area contributed by atoms with Gasteiger partial charge in [0.25, 0.3) is 0 Å². The van der Waals surface area contributed by atoms with Gasteiger partial charge in [0.05, 0.1) is 0 Å². The molecular weight excluding hydrogens is 356 g/mol. The largest absolute Gasteiger partial charge is 0.486 e. The number of rotatable bonds is 2. The van der Waals surface area contributed by atoms with Crippen molar-refractivity contribution < 1.29 is 23.7 Å². The van der Waals surface area contributed by atoms with Crippen LogP contribution < -0.4 is 18.9 Å². The number of allylic oxidation sites excluding steroid dienone is 2. The van der Waals surface area contributed by atoms with Crippen LogP contribution in [0.15, 0.2) is 47.5 Å². The first kappa shape index (κ1) is 16.9. The van der Waals surface area contributed by atoms with Gasteiger partial charge in [0.15, 0.2) is 28.8 Å². The van der Waals surface area contributed by atoms with Crippen molar-refractivity contribution in [2.45, 2.75) is 12.8 Å². The molecule has 2 heterocycles. The summed E-state index contributed by atoms with van der Waals surface area (Å²) in [4.78, 5) is 12.8. The molecule has 1 aliphatic carbocycles. The molecule has 2 aliphatic heterocycles. The molecule has 0 unspecified atom stereocenters. The van der Waals surface area contributed by atoms with Crippen LogP contribution in [0.3, 0.4) is 0 Å². The van der Waals surface area contributed by atoms with Crippen LogP contribution in [0.25, 0.3) is 12.2 Å². The lowest BCUT2D eigenvalue weighted by molar-refractivity contribution is -0.111. The Bertz CT molecular complexity index is 923. The van der Waals surface area contributed by atoms with Crippen molar-refractivity contribution >= 4 is 17.9 Å². The molecule has 5 rings (SSSR count). The molecule has 0 spiro atoms. The topological polar surface area (TPSA) is 54.0 Å². The first-order valence-electron chi connectivity index (χ1n) is 9.51. The van der Waals surface area contributed by atoms with Gasteiger partial charge in [-0.2, -0.15) is 0 Å². The fraction of sp³-hybridized carbons (Fsp3) is 0.261. The number of hydrogen-bond donors (Lipinski definition) is 0. The van der Waals surface area contributed by atoms with E-state index in [4.69, 9.17) is 18.9 Å². The van der Waals surface area contributed by atoms with Crippen LogP contribution in [0.1, 0.15) is 24.0 Å². The highest BCUT2D eigenvalue weighted by Crippen LogP contribution is 2.35. The quantitative estimate of drug-likeness (QED) is 0.740. The van der Waals surface area contributed by atoms with E-state index >= 15 is 0 Å². The zero-order chi connectivity index (χ0) is 18.9. The summed E-state index contributed by atoms with van der Waals surface area (Å²) in [5.41, 5.74) is 3.54. The average Bonchev–Trinajstić information content (AvgIpc) is 3.07. The Labute approximate surface area is 163 Å². The summed E-state index contributed by atoms with van der Waals surface area (Å²) in [6, 6.07) is 11.6. The first-order valence-corrected chi connectivity index (χ1v) is 9.51. The van der Waals surface area contributed by atoms with E-state index in [1.807, 2.05) is 48.6 Å². The summed E-state index contributed by atoms with van der Waals surface area (Å²) in [6.07, 6.45) is 5.38. The highest BCUT2D eigenvalue weighted by Gasteiger charge is 2.23. The molecule has 5 heteroatoms. The molecule has 0 aromatic heterocycles. The predicted octanol–water partition coefficient (Wildman–Crippen LogP) is 4.06. The third kappa shape index (κ3) is 3.24. The maximum absolute atomic E-state index is 12.8. The minimum atomic E-state index is 0.102. The molecule has 1 saturated carbocycles. The maximum Gasteiger partial charge on any atom is 0.185 e. The number of hydrogen-bond acceptors (Lipinski definition) is 5. The number of carbonyl (C=O) groups excluding carboxylic acids is 1. The van der Waals surface area contributed by atoms with Crippen molar-refractivity contribution in [1.82, 2.24) is 0 Å². The lowest BCUT2D eigenvalue weighted by Gasteiger charge is -2.18. The summed E-state index contributed by atoms with van der Waals surface area (Å²) in [5.74, 6) is 3.08. The molecule has 0 saturated heterocycles.